The van der Waals surface area contributed by atoms with E-state index in [-0.39, 0.29) is 23.2 Å². The molecule has 0 bridgehead atoms. The van der Waals surface area contributed by atoms with E-state index >= 15 is 0 Å². The van der Waals surface area contributed by atoms with Crippen LogP contribution in [0.3, 0.4) is 0 Å². The molecule has 0 spiro atoms. The smallest absolute Gasteiger partial charge is 0.233 e. The van der Waals surface area contributed by atoms with Gasteiger partial charge in [0, 0.05) is 0 Å². The first-order valence-corrected chi connectivity index (χ1v) is 3.69. The summed E-state index contributed by atoms with van der Waals surface area (Å²) < 4.78 is 36.6. The van der Waals surface area contributed by atoms with Crippen LogP contribution in [0.2, 0.25) is 0 Å². The number of hydrazine groups is 2. The van der Waals surface area contributed by atoms with E-state index in [4.69, 9.17) is 5.84 Å². The van der Waals surface area contributed by atoms with Gasteiger partial charge in [0.2, 0.25) is 0 Å². The molecule has 5 nitrogen and oxygen atoms in total. The van der Waals surface area contributed by atoms with Gasteiger partial charge >= 0.3 is 6.18 Å². The zero-order chi connectivity index (χ0) is 11.6. The third-order valence-electron chi connectivity index (χ3n) is 1.61. The number of hydrogen-bond acceptors (Lipinski definition) is 3. The van der Waals surface area contributed by atoms with Crippen LogP contribution in [0.25, 0.3) is 0 Å². The maximum absolute atomic E-state index is 12.2. The maximum Gasteiger partial charge on any atom is 0.416 e. The molecule has 0 heterocycles. The number of nitrogens with two attached hydrogens (primary N) is 1. The number of hydrogen-bond donors (Lipinski definition) is 1. The Labute approximate surface area is 94.1 Å². The van der Waals surface area contributed by atoms with E-state index in [0.717, 1.165) is 18.2 Å². The number of nitrogens with zero attached hydrogens (tertiary/aromatic N) is 2. The lowest BCUT2D eigenvalue weighted by Crippen LogP contribution is -2.36. The first kappa shape index (κ1) is 14.5. The van der Waals surface area contributed by atoms with Crippen molar-refractivity contribution in [2.24, 2.45) is 5.84 Å². The predicted molar refractivity (Wildman–Crippen MR) is 52.4 cm³/mol. The lowest BCUT2D eigenvalue weighted by Gasteiger charge is -2.10. The Morgan fingerprint density at radius 2 is 1.94 bits per heavy atom. The van der Waals surface area contributed by atoms with Gasteiger partial charge in [0.1, 0.15) is 5.69 Å². The van der Waals surface area contributed by atoms with Crippen molar-refractivity contribution in [3.63, 3.8) is 0 Å². The largest absolute Gasteiger partial charge is 0.416 e. The van der Waals surface area contributed by atoms with E-state index in [1.165, 1.54) is 0 Å². The molecule has 0 radical (unpaired) electrons. The van der Waals surface area contributed by atoms with Crippen LogP contribution in [0.1, 0.15) is 5.56 Å². The molecule has 1 aromatic rings. The maximum atomic E-state index is 12.2. The van der Waals surface area contributed by atoms with E-state index in [2.05, 4.69) is 0 Å². The molecule has 1 aromatic carbocycles. The van der Waals surface area contributed by atoms with Crippen LogP contribution in [-0.4, -0.2) is 5.03 Å². The van der Waals surface area contributed by atoms with E-state index in [1.54, 1.807) is 0 Å². The lowest BCUT2D eigenvalue weighted by molar-refractivity contribution is -0.496. The molecule has 0 unspecified atom stereocenters. The monoisotopic (exact) mass is 257 g/mol. The van der Waals surface area contributed by atoms with Gasteiger partial charge in [0.05, 0.1) is 5.56 Å². The van der Waals surface area contributed by atoms with Gasteiger partial charge in [-0.3, -0.25) is 0 Å². The van der Waals surface area contributed by atoms with Crippen molar-refractivity contribution in [2.75, 3.05) is 5.12 Å². The fourth-order valence-electron chi connectivity index (χ4n) is 0.919. The van der Waals surface area contributed by atoms with Crippen LogP contribution < -0.4 is 11.0 Å². The standard InChI is InChI=1S/C7H6F3N3O2.ClH/c8-7(9,10)5-2-1-3-6(4-5)12(11)13(14)15;/h1-4H,11H2;1H. The summed E-state index contributed by atoms with van der Waals surface area (Å²) in [5, 5.41) is 9.19. The molecule has 2 N–H and O–H groups in total. The molecule has 16 heavy (non-hydrogen) atoms. The average molecular weight is 258 g/mol. The van der Waals surface area contributed by atoms with Gasteiger partial charge in [-0.2, -0.15) is 19.0 Å². The molecular weight excluding hydrogens is 251 g/mol. The van der Waals surface area contributed by atoms with Gasteiger partial charge in [-0.25, -0.2) is 10.1 Å². The number of nitro groups is 1. The minimum Gasteiger partial charge on any atom is -0.233 e. The number of anilines is 1. The zero-order valence-corrected chi connectivity index (χ0v) is 8.46. The Bertz CT molecular complexity index is 385. The van der Waals surface area contributed by atoms with Crippen LogP contribution in [0, 0.1) is 10.1 Å². The van der Waals surface area contributed by atoms with Crippen LogP contribution in [0.4, 0.5) is 18.9 Å². The molecule has 9 heteroatoms. The summed E-state index contributed by atoms with van der Waals surface area (Å²) in [7, 11) is 0. The minimum absolute atomic E-state index is 0. The summed E-state index contributed by atoms with van der Waals surface area (Å²) in [5.74, 6) is 4.92. The summed E-state index contributed by atoms with van der Waals surface area (Å²) in [5.41, 5.74) is -1.33. The van der Waals surface area contributed by atoms with E-state index in [0.29, 0.717) is 6.07 Å². The minimum atomic E-state index is -4.55. The van der Waals surface area contributed by atoms with Crippen molar-refractivity contribution >= 4 is 18.1 Å². The topological polar surface area (TPSA) is 72.4 Å². The fourth-order valence-corrected chi connectivity index (χ4v) is 0.919. The normalized spacial score (nSPS) is 10.5. The van der Waals surface area contributed by atoms with Gasteiger partial charge in [0.15, 0.2) is 5.03 Å². The van der Waals surface area contributed by atoms with Gasteiger partial charge < -0.3 is 0 Å². The second-order valence-electron chi connectivity index (χ2n) is 2.63. The van der Waals surface area contributed by atoms with Crippen LogP contribution in [-0.2, 0) is 6.18 Å². The quantitative estimate of drug-likeness (QED) is 0.500. The van der Waals surface area contributed by atoms with Crippen molar-refractivity contribution in [3.8, 4) is 0 Å². The number of alkyl halides is 3. The second kappa shape index (κ2) is 4.99. The van der Waals surface area contributed by atoms with Crippen molar-refractivity contribution in [1.82, 2.24) is 0 Å². The van der Waals surface area contributed by atoms with Gasteiger partial charge in [-0.1, -0.05) is 6.07 Å². The predicted octanol–water partition coefficient (Wildman–Crippen LogP) is 2.00. The molecule has 0 aliphatic carbocycles. The van der Waals surface area contributed by atoms with Crippen molar-refractivity contribution in [1.29, 1.82) is 0 Å². The summed E-state index contributed by atoms with van der Waals surface area (Å²) in [6.45, 7) is 0. The molecule has 0 aromatic heterocycles. The van der Waals surface area contributed by atoms with Crippen LogP contribution >= 0.6 is 12.4 Å². The Morgan fingerprint density at radius 1 is 1.38 bits per heavy atom. The molecule has 0 aliphatic rings. The summed E-state index contributed by atoms with van der Waals surface area (Å²) in [4.78, 5) is 10.2. The Morgan fingerprint density at radius 3 is 2.38 bits per heavy atom. The van der Waals surface area contributed by atoms with Gasteiger partial charge in [-0.05, 0) is 23.3 Å². The molecule has 0 saturated heterocycles. The van der Waals surface area contributed by atoms with E-state index in [1.807, 2.05) is 0 Å². The van der Waals surface area contributed by atoms with Crippen molar-refractivity contribution in [2.45, 2.75) is 6.18 Å². The molecule has 90 valence electrons. The highest BCUT2D eigenvalue weighted by Gasteiger charge is 2.31. The highest BCUT2D eigenvalue weighted by molar-refractivity contribution is 5.85. The average Bonchev–Trinajstić information content (AvgIpc) is 2.15. The van der Waals surface area contributed by atoms with Crippen molar-refractivity contribution < 1.29 is 18.2 Å². The number of benzene rings is 1. The van der Waals surface area contributed by atoms with Gasteiger partial charge in [0.25, 0.3) is 0 Å². The SMILES string of the molecule is Cl.NN(c1cccc(C(F)(F)F)c1)[N+](=O)[O-]. The third-order valence-corrected chi connectivity index (χ3v) is 1.61. The second-order valence-corrected chi connectivity index (χ2v) is 2.63. The molecule has 0 amide bonds. The van der Waals surface area contributed by atoms with Gasteiger partial charge in [-0.15, -0.1) is 12.4 Å². The Hall–Kier alpha value is -1.54. The molecule has 1 rings (SSSR count). The summed E-state index contributed by atoms with van der Waals surface area (Å²) >= 11 is 0. The molecule has 0 aliphatic heterocycles. The third kappa shape index (κ3) is 3.24. The number of halogens is 4. The molecule has 0 fully saturated rings. The highest BCUT2D eigenvalue weighted by Crippen LogP contribution is 2.31. The zero-order valence-electron chi connectivity index (χ0n) is 7.64. The van der Waals surface area contributed by atoms with Crippen LogP contribution in [0.5, 0.6) is 0 Å². The molecule has 0 atom stereocenters. The number of rotatable bonds is 2. The first-order valence-electron chi connectivity index (χ1n) is 3.69. The summed E-state index contributed by atoms with van der Waals surface area (Å²) in [6.07, 6.45) is -4.55. The lowest BCUT2D eigenvalue weighted by atomic mass is 10.2. The highest BCUT2D eigenvalue weighted by atomic mass is 35.5. The fraction of sp³-hybridized carbons (Fsp3) is 0.143. The van der Waals surface area contributed by atoms with Crippen molar-refractivity contribution in [3.05, 3.63) is 39.9 Å². The van der Waals surface area contributed by atoms with Crippen LogP contribution in [0.15, 0.2) is 24.3 Å². The summed E-state index contributed by atoms with van der Waals surface area (Å²) in [6, 6.07) is 3.56. The Balaban J connectivity index is 0.00000225. The van der Waals surface area contributed by atoms with E-state index in [9.17, 15) is 23.3 Å². The Kier molecular flexibility index (Phi) is 4.51. The molecule has 0 saturated carbocycles. The molecular formula is C7H7ClF3N3O2. The van der Waals surface area contributed by atoms with E-state index < -0.39 is 16.8 Å². The first-order chi connectivity index (χ1) is 6.82.